The molecule has 0 radical (unpaired) electrons. The van der Waals surface area contributed by atoms with Crippen molar-refractivity contribution in [2.24, 2.45) is 0 Å². The minimum Gasteiger partial charge on any atom is -0.399 e. The number of nitrogens with two attached hydrogens (primary N) is 2. The summed E-state index contributed by atoms with van der Waals surface area (Å²) in [4.78, 5) is 34.5. The van der Waals surface area contributed by atoms with E-state index in [0.717, 1.165) is 4.47 Å². The Hall–Kier alpha value is -2.70. The number of nitrogens with zero attached hydrogens (tertiary/aromatic N) is 4. The molecule has 4 N–H and O–H groups in total. The van der Waals surface area contributed by atoms with Gasteiger partial charge in [0.2, 0.25) is 0 Å². The molecule has 2 amide bonds. The number of amides is 2. The van der Waals surface area contributed by atoms with E-state index in [1.165, 1.54) is 9.80 Å². The Morgan fingerprint density at radius 1 is 0.853 bits per heavy atom. The maximum atomic E-state index is 12.1. The number of halogens is 1. The van der Waals surface area contributed by atoms with Crippen LogP contribution in [0.1, 0.15) is 48.4 Å². The summed E-state index contributed by atoms with van der Waals surface area (Å²) in [6, 6.07) is 3.34. The molecule has 184 valence electrons. The number of aromatic nitrogens is 2. The number of hydrogen-bond acceptors (Lipinski definition) is 8. The number of hydrogen-bond donors (Lipinski definition) is 2. The lowest BCUT2D eigenvalue weighted by Gasteiger charge is -2.32. The topological polar surface area (TPSA) is 137 Å². The summed E-state index contributed by atoms with van der Waals surface area (Å²) in [5, 5.41) is 0. The van der Waals surface area contributed by atoms with E-state index in [1.807, 2.05) is 27.7 Å². The van der Waals surface area contributed by atoms with Gasteiger partial charge in [-0.3, -0.25) is 9.59 Å². The maximum Gasteiger partial charge on any atom is 0.496 e. The zero-order valence-electron chi connectivity index (χ0n) is 20.8. The van der Waals surface area contributed by atoms with Crippen LogP contribution in [-0.4, -0.2) is 78.1 Å². The van der Waals surface area contributed by atoms with Crippen molar-refractivity contribution < 1.29 is 18.9 Å². The maximum absolute atomic E-state index is 12.1. The quantitative estimate of drug-likeness (QED) is 0.568. The highest BCUT2D eigenvalue weighted by Gasteiger charge is 2.52. The van der Waals surface area contributed by atoms with Crippen LogP contribution in [0.3, 0.4) is 0 Å². The number of rotatable bonds is 3. The lowest BCUT2D eigenvalue weighted by Crippen LogP contribution is -2.41. The minimum absolute atomic E-state index is 0.147. The molecule has 0 aliphatic carbocycles. The van der Waals surface area contributed by atoms with Crippen LogP contribution in [0.4, 0.5) is 11.6 Å². The third-order valence-corrected chi connectivity index (χ3v) is 6.06. The molecule has 2 aromatic rings. The summed E-state index contributed by atoms with van der Waals surface area (Å²) in [5.41, 5.74) is 11.9. The van der Waals surface area contributed by atoms with Crippen molar-refractivity contribution in [2.45, 2.75) is 38.9 Å². The second-order valence-electron chi connectivity index (χ2n) is 9.28. The van der Waals surface area contributed by atoms with Crippen LogP contribution in [0.2, 0.25) is 0 Å². The van der Waals surface area contributed by atoms with Crippen LogP contribution < -0.4 is 16.9 Å². The molecule has 1 aliphatic rings. The molecule has 0 aromatic carbocycles. The van der Waals surface area contributed by atoms with Crippen molar-refractivity contribution in [3.63, 3.8) is 0 Å². The Morgan fingerprint density at radius 2 is 1.26 bits per heavy atom. The standard InChI is InChI=1S/C14H22BN3O3.C8H10BrN3O/c1-13(2)14(3,4)21-15(20-13)9-7-10(11(16)17-8-9)12(19)18(5)6;1-12(2)8(13)6-3-5(9)4-11-7(6)10/h7-8H,1-6H3,(H2,16,17);3-4H,1-2H3,(H2,10,11). The van der Waals surface area contributed by atoms with Crippen LogP contribution in [0, 0.1) is 0 Å². The predicted octanol–water partition coefficient (Wildman–Crippen LogP) is 1.79. The van der Waals surface area contributed by atoms with Crippen molar-refractivity contribution in [3.8, 4) is 0 Å². The van der Waals surface area contributed by atoms with Crippen molar-refractivity contribution in [2.75, 3.05) is 39.7 Å². The van der Waals surface area contributed by atoms with Gasteiger partial charge in [-0.2, -0.15) is 0 Å². The molecule has 12 heteroatoms. The Kier molecular flexibility index (Phi) is 8.33. The zero-order valence-corrected chi connectivity index (χ0v) is 22.4. The third kappa shape index (κ3) is 6.05. The van der Waals surface area contributed by atoms with Gasteiger partial charge in [0.25, 0.3) is 11.8 Å². The largest absolute Gasteiger partial charge is 0.496 e. The van der Waals surface area contributed by atoms with Crippen LogP contribution in [0.25, 0.3) is 0 Å². The molecule has 0 saturated carbocycles. The fourth-order valence-corrected chi connectivity index (χ4v) is 3.21. The monoisotopic (exact) mass is 534 g/mol. The minimum atomic E-state index is -0.559. The van der Waals surface area contributed by atoms with E-state index in [4.69, 9.17) is 20.8 Å². The van der Waals surface area contributed by atoms with Gasteiger partial charge in [0.05, 0.1) is 22.3 Å². The average Bonchev–Trinajstić information content (AvgIpc) is 2.96. The first-order chi connectivity index (χ1) is 15.6. The Balaban J connectivity index is 0.000000270. The first-order valence-electron chi connectivity index (χ1n) is 10.5. The lowest BCUT2D eigenvalue weighted by molar-refractivity contribution is 0.00578. The summed E-state index contributed by atoms with van der Waals surface area (Å²) in [7, 11) is 6.12. The molecule has 10 nitrogen and oxygen atoms in total. The van der Waals surface area contributed by atoms with Gasteiger partial charge in [-0.1, -0.05) is 0 Å². The van der Waals surface area contributed by atoms with E-state index in [-0.39, 0.29) is 23.5 Å². The van der Waals surface area contributed by atoms with Crippen molar-refractivity contribution in [1.82, 2.24) is 19.8 Å². The van der Waals surface area contributed by atoms with Crippen LogP contribution in [-0.2, 0) is 9.31 Å². The number of carbonyl (C=O) groups excluding carboxylic acids is 2. The average molecular weight is 535 g/mol. The molecule has 0 spiro atoms. The molecule has 1 fully saturated rings. The van der Waals surface area contributed by atoms with Gasteiger partial charge in [0.1, 0.15) is 11.6 Å². The van der Waals surface area contributed by atoms with Gasteiger partial charge in [-0.25, -0.2) is 9.97 Å². The van der Waals surface area contributed by atoms with Gasteiger partial charge < -0.3 is 30.6 Å². The fraction of sp³-hybridized carbons (Fsp3) is 0.455. The molecule has 1 aliphatic heterocycles. The molecule has 2 aromatic heterocycles. The van der Waals surface area contributed by atoms with Gasteiger partial charge in [0.15, 0.2) is 0 Å². The number of anilines is 2. The lowest BCUT2D eigenvalue weighted by atomic mass is 9.79. The second kappa shape index (κ2) is 10.3. The first-order valence-corrected chi connectivity index (χ1v) is 11.3. The Labute approximate surface area is 209 Å². The predicted molar refractivity (Wildman–Crippen MR) is 137 cm³/mol. The van der Waals surface area contributed by atoms with Crippen LogP contribution >= 0.6 is 15.9 Å². The van der Waals surface area contributed by atoms with Crippen LogP contribution in [0.15, 0.2) is 29.0 Å². The molecule has 3 heterocycles. The fourth-order valence-electron chi connectivity index (χ4n) is 2.87. The normalized spacial score (nSPS) is 15.9. The molecule has 0 atom stereocenters. The van der Waals surface area contributed by atoms with E-state index in [9.17, 15) is 9.59 Å². The smallest absolute Gasteiger partial charge is 0.399 e. The summed E-state index contributed by atoms with van der Waals surface area (Å²) >= 11 is 3.22. The second-order valence-corrected chi connectivity index (χ2v) is 10.2. The van der Waals surface area contributed by atoms with Gasteiger partial charge in [-0.15, -0.1) is 0 Å². The molecular formula is C22H32BBrN6O4. The highest BCUT2D eigenvalue weighted by atomic mass is 79.9. The molecular weight excluding hydrogens is 503 g/mol. The van der Waals surface area contributed by atoms with E-state index in [0.29, 0.717) is 16.6 Å². The summed E-state index contributed by atoms with van der Waals surface area (Å²) in [6.07, 6.45) is 3.14. The van der Waals surface area contributed by atoms with E-state index in [1.54, 1.807) is 52.7 Å². The molecule has 0 bridgehead atoms. The van der Waals surface area contributed by atoms with Crippen LogP contribution in [0.5, 0.6) is 0 Å². The van der Waals surface area contributed by atoms with Crippen molar-refractivity contribution in [3.05, 3.63) is 40.1 Å². The Bertz CT molecular complexity index is 1060. The van der Waals surface area contributed by atoms with Gasteiger partial charge in [-0.05, 0) is 55.8 Å². The molecule has 34 heavy (non-hydrogen) atoms. The highest BCUT2D eigenvalue weighted by molar-refractivity contribution is 9.10. The number of nitrogen functional groups attached to an aromatic ring is 2. The number of carbonyl (C=O) groups is 2. The summed E-state index contributed by atoms with van der Waals surface area (Å²) in [6.45, 7) is 7.90. The Morgan fingerprint density at radius 3 is 1.71 bits per heavy atom. The summed E-state index contributed by atoms with van der Waals surface area (Å²) in [5.74, 6) is 0.112. The third-order valence-electron chi connectivity index (χ3n) is 5.62. The van der Waals surface area contributed by atoms with Crippen molar-refractivity contribution >= 4 is 52.0 Å². The number of pyridine rings is 2. The molecule has 1 saturated heterocycles. The van der Waals surface area contributed by atoms with E-state index >= 15 is 0 Å². The SMILES string of the molecule is CN(C)C(=O)c1cc(B2OC(C)(C)C(C)(C)O2)cnc1N.CN(C)C(=O)c1cc(Br)cnc1N. The van der Waals surface area contributed by atoms with E-state index < -0.39 is 18.3 Å². The van der Waals surface area contributed by atoms with Gasteiger partial charge in [0, 0.05) is 50.5 Å². The zero-order chi connectivity index (χ0) is 26.0. The molecule has 3 rings (SSSR count). The molecule has 0 unspecified atom stereocenters. The highest BCUT2D eigenvalue weighted by Crippen LogP contribution is 2.36. The van der Waals surface area contributed by atoms with Gasteiger partial charge >= 0.3 is 7.12 Å². The summed E-state index contributed by atoms with van der Waals surface area (Å²) < 4.78 is 12.7. The van der Waals surface area contributed by atoms with Crippen molar-refractivity contribution in [1.29, 1.82) is 0 Å². The van der Waals surface area contributed by atoms with E-state index in [2.05, 4.69) is 25.9 Å². The first kappa shape index (κ1) is 27.5.